The van der Waals surface area contributed by atoms with Crippen molar-refractivity contribution in [2.45, 2.75) is 19.4 Å². The standard InChI is InChI=1S/C17H25N3O4/c1-2-23-9-4-7-19-16(21)13-5-3-6-14(11-13)20-17(22)15-12-24-10-8-18-15/h3,5-6,11,15,18H,2,4,7-10,12H2,1H3,(H,19,21)(H,20,22). The first kappa shape index (κ1) is 18.4. The van der Waals surface area contributed by atoms with E-state index >= 15 is 0 Å². The summed E-state index contributed by atoms with van der Waals surface area (Å²) in [6.07, 6.45) is 0.767. The van der Waals surface area contributed by atoms with Crippen LogP contribution < -0.4 is 16.0 Å². The highest BCUT2D eigenvalue weighted by Gasteiger charge is 2.21. The van der Waals surface area contributed by atoms with Crippen LogP contribution in [0.4, 0.5) is 5.69 Å². The van der Waals surface area contributed by atoms with Crippen molar-refractivity contribution in [3.8, 4) is 0 Å². The highest BCUT2D eigenvalue weighted by Crippen LogP contribution is 2.11. The molecular formula is C17H25N3O4. The van der Waals surface area contributed by atoms with Gasteiger partial charge in [0.2, 0.25) is 5.91 Å². The van der Waals surface area contributed by atoms with Gasteiger partial charge in [0.25, 0.3) is 5.91 Å². The van der Waals surface area contributed by atoms with Gasteiger partial charge in [0.1, 0.15) is 6.04 Å². The first-order chi connectivity index (χ1) is 11.7. The van der Waals surface area contributed by atoms with Gasteiger partial charge in [-0.1, -0.05) is 6.07 Å². The number of morpholine rings is 1. The highest BCUT2D eigenvalue weighted by molar-refractivity contribution is 5.98. The van der Waals surface area contributed by atoms with Crippen molar-refractivity contribution < 1.29 is 19.1 Å². The van der Waals surface area contributed by atoms with Gasteiger partial charge in [-0.2, -0.15) is 0 Å². The van der Waals surface area contributed by atoms with E-state index in [0.29, 0.717) is 50.8 Å². The maximum absolute atomic E-state index is 12.2. The minimum atomic E-state index is -0.366. The van der Waals surface area contributed by atoms with Crippen molar-refractivity contribution in [3.63, 3.8) is 0 Å². The zero-order valence-corrected chi connectivity index (χ0v) is 14.0. The van der Waals surface area contributed by atoms with Crippen LogP contribution in [0.1, 0.15) is 23.7 Å². The van der Waals surface area contributed by atoms with Crippen LogP contribution in [-0.2, 0) is 14.3 Å². The third-order valence-corrected chi connectivity index (χ3v) is 3.59. The van der Waals surface area contributed by atoms with Crippen LogP contribution in [0.15, 0.2) is 24.3 Å². The quantitative estimate of drug-likeness (QED) is 0.611. The molecule has 1 aromatic rings. The molecule has 0 spiro atoms. The number of benzene rings is 1. The molecule has 1 aliphatic rings. The molecule has 7 nitrogen and oxygen atoms in total. The van der Waals surface area contributed by atoms with E-state index in [1.54, 1.807) is 24.3 Å². The predicted molar refractivity (Wildman–Crippen MR) is 91.1 cm³/mol. The molecule has 24 heavy (non-hydrogen) atoms. The van der Waals surface area contributed by atoms with Crippen molar-refractivity contribution in [3.05, 3.63) is 29.8 Å². The summed E-state index contributed by atoms with van der Waals surface area (Å²) in [6.45, 7) is 5.42. The first-order valence-corrected chi connectivity index (χ1v) is 8.28. The zero-order valence-electron chi connectivity index (χ0n) is 14.0. The summed E-state index contributed by atoms with van der Waals surface area (Å²) < 4.78 is 10.5. The molecule has 1 saturated heterocycles. The van der Waals surface area contributed by atoms with Gasteiger partial charge in [-0.05, 0) is 31.5 Å². The SMILES string of the molecule is CCOCCCNC(=O)c1cccc(NC(=O)C2COCCN2)c1. The Balaban J connectivity index is 1.83. The molecular weight excluding hydrogens is 310 g/mol. The van der Waals surface area contributed by atoms with Crippen LogP contribution in [0.2, 0.25) is 0 Å². The number of nitrogens with one attached hydrogen (secondary N) is 3. The fourth-order valence-corrected chi connectivity index (χ4v) is 2.32. The smallest absolute Gasteiger partial charge is 0.251 e. The van der Waals surface area contributed by atoms with Crippen molar-refractivity contribution >= 4 is 17.5 Å². The molecule has 2 amide bonds. The Morgan fingerprint density at radius 3 is 3.04 bits per heavy atom. The lowest BCUT2D eigenvalue weighted by atomic mass is 10.1. The van der Waals surface area contributed by atoms with Gasteiger partial charge in [-0.25, -0.2) is 0 Å². The van der Waals surface area contributed by atoms with Crippen LogP contribution in [0.3, 0.4) is 0 Å². The Morgan fingerprint density at radius 2 is 2.29 bits per heavy atom. The predicted octanol–water partition coefficient (Wildman–Crippen LogP) is 0.770. The summed E-state index contributed by atoms with van der Waals surface area (Å²) in [6, 6.07) is 6.52. The number of ether oxygens (including phenoxy) is 2. The van der Waals surface area contributed by atoms with Crippen LogP contribution in [-0.4, -0.2) is 57.4 Å². The third kappa shape index (κ3) is 5.92. The Morgan fingerprint density at radius 1 is 1.42 bits per heavy atom. The Hall–Kier alpha value is -1.96. The zero-order chi connectivity index (χ0) is 17.2. The second-order valence-electron chi connectivity index (χ2n) is 5.46. The fraction of sp³-hybridized carbons (Fsp3) is 0.529. The molecule has 1 atom stereocenters. The van der Waals surface area contributed by atoms with Gasteiger partial charge >= 0.3 is 0 Å². The normalized spacial score (nSPS) is 17.3. The molecule has 132 valence electrons. The Kier molecular flexibility index (Phi) is 7.67. The van der Waals surface area contributed by atoms with Crippen LogP contribution >= 0.6 is 0 Å². The fourth-order valence-electron chi connectivity index (χ4n) is 2.32. The largest absolute Gasteiger partial charge is 0.382 e. The van der Waals surface area contributed by atoms with E-state index in [2.05, 4.69) is 16.0 Å². The van der Waals surface area contributed by atoms with Crippen molar-refractivity contribution in [1.29, 1.82) is 0 Å². The van der Waals surface area contributed by atoms with Crippen LogP contribution in [0.5, 0.6) is 0 Å². The van der Waals surface area contributed by atoms with E-state index in [9.17, 15) is 9.59 Å². The minimum absolute atomic E-state index is 0.163. The first-order valence-electron chi connectivity index (χ1n) is 8.28. The molecule has 1 heterocycles. The molecule has 0 bridgehead atoms. The van der Waals surface area contributed by atoms with Gasteiger partial charge in [-0.15, -0.1) is 0 Å². The lowest BCUT2D eigenvalue weighted by Gasteiger charge is -2.22. The highest BCUT2D eigenvalue weighted by atomic mass is 16.5. The summed E-state index contributed by atoms with van der Waals surface area (Å²) in [5.74, 6) is -0.328. The van der Waals surface area contributed by atoms with E-state index in [1.165, 1.54) is 0 Å². The van der Waals surface area contributed by atoms with E-state index in [-0.39, 0.29) is 17.9 Å². The molecule has 2 rings (SSSR count). The number of anilines is 1. The molecule has 1 fully saturated rings. The molecule has 0 radical (unpaired) electrons. The summed E-state index contributed by atoms with van der Waals surface area (Å²) in [5, 5.41) is 8.74. The van der Waals surface area contributed by atoms with Crippen molar-refractivity contribution in [2.75, 3.05) is 44.8 Å². The summed E-state index contributed by atoms with van der Waals surface area (Å²) in [7, 11) is 0. The lowest BCUT2D eigenvalue weighted by molar-refractivity contribution is -0.120. The van der Waals surface area contributed by atoms with E-state index in [4.69, 9.17) is 9.47 Å². The molecule has 0 aliphatic carbocycles. The van der Waals surface area contributed by atoms with E-state index in [0.717, 1.165) is 6.42 Å². The van der Waals surface area contributed by atoms with E-state index < -0.39 is 0 Å². The number of amides is 2. The average Bonchev–Trinajstić information content (AvgIpc) is 2.62. The van der Waals surface area contributed by atoms with Gasteiger partial charge in [0, 0.05) is 37.6 Å². The molecule has 1 aliphatic heterocycles. The summed E-state index contributed by atoms with van der Waals surface area (Å²) in [4.78, 5) is 24.3. The lowest BCUT2D eigenvalue weighted by Crippen LogP contribution is -2.48. The van der Waals surface area contributed by atoms with Gasteiger partial charge in [0.15, 0.2) is 0 Å². The van der Waals surface area contributed by atoms with Gasteiger partial charge in [0.05, 0.1) is 13.2 Å². The van der Waals surface area contributed by atoms with Crippen molar-refractivity contribution in [2.24, 2.45) is 0 Å². The monoisotopic (exact) mass is 335 g/mol. The van der Waals surface area contributed by atoms with Crippen LogP contribution in [0, 0.1) is 0 Å². The van der Waals surface area contributed by atoms with E-state index in [1.807, 2.05) is 6.92 Å². The maximum Gasteiger partial charge on any atom is 0.251 e. The van der Waals surface area contributed by atoms with Crippen molar-refractivity contribution in [1.82, 2.24) is 10.6 Å². The average molecular weight is 335 g/mol. The topological polar surface area (TPSA) is 88.7 Å². The second-order valence-corrected chi connectivity index (χ2v) is 5.46. The molecule has 3 N–H and O–H groups in total. The molecule has 1 aromatic carbocycles. The molecule has 0 saturated carbocycles. The van der Waals surface area contributed by atoms with Gasteiger partial charge in [-0.3, -0.25) is 9.59 Å². The molecule has 1 unspecified atom stereocenters. The summed E-state index contributed by atoms with van der Waals surface area (Å²) in [5.41, 5.74) is 1.10. The Labute approximate surface area is 142 Å². The number of carbonyl (C=O) groups is 2. The third-order valence-electron chi connectivity index (χ3n) is 3.59. The Bertz CT molecular complexity index is 544. The number of carbonyl (C=O) groups excluding carboxylic acids is 2. The molecule has 7 heteroatoms. The van der Waals surface area contributed by atoms with Gasteiger partial charge < -0.3 is 25.4 Å². The summed E-state index contributed by atoms with van der Waals surface area (Å²) >= 11 is 0. The number of rotatable bonds is 8. The molecule has 0 aromatic heterocycles. The number of hydrogen-bond donors (Lipinski definition) is 3. The van der Waals surface area contributed by atoms with Crippen LogP contribution in [0.25, 0.3) is 0 Å². The number of hydrogen-bond acceptors (Lipinski definition) is 5. The minimum Gasteiger partial charge on any atom is -0.382 e. The maximum atomic E-state index is 12.2. The second kappa shape index (κ2) is 10.0.